The van der Waals surface area contributed by atoms with Gasteiger partial charge < -0.3 is 21.8 Å². The monoisotopic (exact) mass is 468 g/mol. The number of hydrogen-bond donors (Lipinski definition) is 4. The number of nitrogens with zero attached hydrogens (tertiary/aromatic N) is 2. The van der Waals surface area contributed by atoms with E-state index >= 15 is 0 Å². The first-order chi connectivity index (χ1) is 15.4. The Bertz CT molecular complexity index is 1250. The molecule has 0 aliphatic carbocycles. The van der Waals surface area contributed by atoms with Gasteiger partial charge in [0.2, 0.25) is 0 Å². The van der Waals surface area contributed by atoms with Crippen molar-refractivity contribution in [2.75, 3.05) is 16.4 Å². The Morgan fingerprint density at radius 1 is 1.00 bits per heavy atom. The Labute approximate surface area is 181 Å². The number of alkyl halides is 6. The number of carbonyl (C=O) groups excluding carboxylic acids is 1. The zero-order valence-corrected chi connectivity index (χ0v) is 16.3. The number of aromatic nitrogens is 2. The minimum absolute atomic E-state index is 0.0655. The largest absolute Gasteiger partial charge is 0.432 e. The summed E-state index contributed by atoms with van der Waals surface area (Å²) < 4.78 is 80.0. The Hall–Kier alpha value is -4.16. The lowest BCUT2D eigenvalue weighted by atomic mass is 10.1. The predicted octanol–water partition coefficient (Wildman–Crippen LogP) is 4.75. The van der Waals surface area contributed by atoms with Crippen molar-refractivity contribution in [3.63, 3.8) is 0 Å². The first-order valence-corrected chi connectivity index (χ1v) is 8.97. The summed E-state index contributed by atoms with van der Waals surface area (Å²) in [6.45, 7) is 0. The van der Waals surface area contributed by atoms with Gasteiger partial charge in [0.1, 0.15) is 11.5 Å². The summed E-state index contributed by atoms with van der Waals surface area (Å²) >= 11 is 0. The summed E-state index contributed by atoms with van der Waals surface area (Å²) in [4.78, 5) is 19.6. The van der Waals surface area contributed by atoms with Gasteiger partial charge in [0.05, 0.1) is 34.9 Å². The molecule has 1 aromatic carbocycles. The third-order valence-corrected chi connectivity index (χ3v) is 4.35. The van der Waals surface area contributed by atoms with Gasteiger partial charge >= 0.3 is 12.4 Å². The van der Waals surface area contributed by atoms with Crippen molar-refractivity contribution in [3.05, 3.63) is 65.8 Å². The van der Waals surface area contributed by atoms with Crippen LogP contribution in [0.1, 0.15) is 5.56 Å². The highest BCUT2D eigenvalue weighted by molar-refractivity contribution is 6.18. The van der Waals surface area contributed by atoms with E-state index in [0.717, 1.165) is 12.4 Å². The van der Waals surface area contributed by atoms with E-state index in [1.165, 1.54) is 12.1 Å². The quantitative estimate of drug-likeness (QED) is 0.245. The van der Waals surface area contributed by atoms with Gasteiger partial charge in [-0.2, -0.15) is 26.3 Å². The molecule has 2 heterocycles. The molecule has 33 heavy (non-hydrogen) atoms. The van der Waals surface area contributed by atoms with E-state index in [2.05, 4.69) is 15.3 Å². The number of hydrogen-bond acceptors (Lipinski definition) is 6. The molecule has 172 valence electrons. The summed E-state index contributed by atoms with van der Waals surface area (Å²) in [5.74, 6) is -1.41. The van der Waals surface area contributed by atoms with Crippen molar-refractivity contribution in [2.45, 2.75) is 12.4 Å². The molecular formula is C20H14F6N6O. The third-order valence-electron chi connectivity index (χ3n) is 4.35. The van der Waals surface area contributed by atoms with E-state index in [-0.39, 0.29) is 23.1 Å². The lowest BCUT2D eigenvalue weighted by molar-refractivity contribution is -0.137. The number of rotatable bonds is 5. The van der Waals surface area contributed by atoms with E-state index in [1.807, 2.05) is 5.32 Å². The molecule has 0 bridgehead atoms. The summed E-state index contributed by atoms with van der Waals surface area (Å²) in [6.07, 6.45) is -7.44. The Kier molecular flexibility index (Phi) is 6.24. The van der Waals surface area contributed by atoms with E-state index < -0.39 is 40.8 Å². The molecule has 3 aromatic rings. The lowest BCUT2D eigenvalue weighted by Gasteiger charge is -2.19. The van der Waals surface area contributed by atoms with Crippen LogP contribution in [0.3, 0.4) is 0 Å². The number of nitrogens with one attached hydrogen (secondary N) is 3. The molecule has 0 aliphatic rings. The van der Waals surface area contributed by atoms with Crippen molar-refractivity contribution in [2.24, 2.45) is 0 Å². The number of fused-ring (bicyclic) bond motifs is 1. The van der Waals surface area contributed by atoms with E-state index in [4.69, 9.17) is 11.1 Å². The number of allylic oxidation sites excluding steroid dienone is 1. The van der Waals surface area contributed by atoms with Gasteiger partial charge in [-0.3, -0.25) is 9.78 Å². The van der Waals surface area contributed by atoms with Crippen LogP contribution >= 0.6 is 0 Å². The van der Waals surface area contributed by atoms with Crippen molar-refractivity contribution in [1.29, 1.82) is 5.41 Å². The number of halogens is 6. The second-order valence-electron chi connectivity index (χ2n) is 6.57. The first-order valence-electron chi connectivity index (χ1n) is 8.97. The normalized spacial score (nSPS) is 12.8. The van der Waals surface area contributed by atoms with Crippen LogP contribution in [-0.4, -0.2) is 28.3 Å². The molecule has 1 amide bonds. The molecule has 0 radical (unpaired) electrons. The fourth-order valence-electron chi connectivity index (χ4n) is 2.85. The Morgan fingerprint density at radius 3 is 2.27 bits per heavy atom. The number of carbonyl (C=O) groups is 1. The number of nitrogen functional groups attached to an aromatic ring is 1. The molecule has 13 heteroatoms. The molecule has 0 aliphatic heterocycles. The van der Waals surface area contributed by atoms with Crippen LogP contribution in [0.2, 0.25) is 0 Å². The summed E-state index contributed by atoms with van der Waals surface area (Å²) in [5.41, 5.74) is 1.08. The van der Waals surface area contributed by atoms with Gasteiger partial charge in [-0.15, -0.1) is 0 Å². The number of benzene rings is 1. The fraction of sp³-hybridized carbons (Fsp3) is 0.100. The molecule has 5 N–H and O–H groups in total. The highest BCUT2D eigenvalue weighted by atomic mass is 19.4. The van der Waals surface area contributed by atoms with Crippen LogP contribution in [0.15, 0.2) is 60.2 Å². The van der Waals surface area contributed by atoms with Crippen molar-refractivity contribution in [3.8, 4) is 0 Å². The second kappa shape index (κ2) is 8.76. The molecule has 7 nitrogen and oxygen atoms in total. The number of anilines is 3. The zero-order chi connectivity index (χ0) is 24.4. The molecule has 0 unspecified atom stereocenters. The van der Waals surface area contributed by atoms with Gasteiger partial charge in [0.15, 0.2) is 0 Å². The van der Waals surface area contributed by atoms with Crippen LogP contribution in [-0.2, 0) is 11.0 Å². The van der Waals surface area contributed by atoms with Gasteiger partial charge in [0, 0.05) is 23.2 Å². The van der Waals surface area contributed by atoms with E-state index in [1.54, 1.807) is 12.1 Å². The van der Waals surface area contributed by atoms with Crippen LogP contribution < -0.4 is 16.4 Å². The first kappa shape index (κ1) is 23.5. The molecule has 0 saturated carbocycles. The second-order valence-corrected chi connectivity index (χ2v) is 6.57. The molecule has 0 spiro atoms. The fourth-order valence-corrected chi connectivity index (χ4v) is 2.85. The summed E-state index contributed by atoms with van der Waals surface area (Å²) in [7, 11) is 0. The molecule has 0 fully saturated rings. The van der Waals surface area contributed by atoms with Crippen LogP contribution in [0.4, 0.5) is 43.5 Å². The number of nitrogens with two attached hydrogens (primary N) is 1. The zero-order valence-electron chi connectivity index (χ0n) is 16.3. The molecule has 3 rings (SSSR count). The van der Waals surface area contributed by atoms with Crippen molar-refractivity contribution >= 4 is 40.1 Å². The molecular weight excluding hydrogens is 454 g/mol. The Balaban J connectivity index is 2.04. The van der Waals surface area contributed by atoms with Gasteiger partial charge in [0.25, 0.3) is 5.91 Å². The van der Waals surface area contributed by atoms with Crippen molar-refractivity contribution in [1.82, 2.24) is 9.97 Å². The average molecular weight is 468 g/mol. The highest BCUT2D eigenvalue weighted by Gasteiger charge is 2.39. The van der Waals surface area contributed by atoms with Crippen LogP contribution in [0.25, 0.3) is 10.8 Å². The number of amides is 1. The molecule has 0 atom stereocenters. The summed E-state index contributed by atoms with van der Waals surface area (Å²) in [5, 5.41) is 11.9. The molecule has 2 aromatic heterocycles. The minimum Gasteiger partial charge on any atom is -0.383 e. The maximum Gasteiger partial charge on any atom is 0.432 e. The summed E-state index contributed by atoms with van der Waals surface area (Å²) in [6, 6.07) is 6.66. The maximum atomic E-state index is 13.8. The van der Waals surface area contributed by atoms with E-state index in [9.17, 15) is 31.1 Å². The maximum absolute atomic E-state index is 13.8. The minimum atomic E-state index is -5.14. The van der Waals surface area contributed by atoms with Crippen LogP contribution in [0, 0.1) is 5.41 Å². The van der Waals surface area contributed by atoms with Gasteiger partial charge in [-0.1, -0.05) is 24.3 Å². The SMILES string of the molecule is N=C/C(C(=O)Nc1cncc(C(F)(F)F)c1)=C(\Nc1cnc(N)c2ccccc12)C(F)(F)F. The Morgan fingerprint density at radius 2 is 1.67 bits per heavy atom. The standard InChI is InChI=1S/C20H14F6N6O/c21-19(22,23)10-5-11(8-29-7-10)31-18(33)14(6-27)16(20(24,25)26)32-15-9-30-17(28)13-4-2-1-3-12(13)15/h1-9,27,32H,(H2,28,30)(H,31,33)/b16-14+,27-6?. The van der Waals surface area contributed by atoms with Gasteiger partial charge in [-0.25, -0.2) is 4.98 Å². The third kappa shape index (κ3) is 5.19. The predicted molar refractivity (Wildman–Crippen MR) is 110 cm³/mol. The van der Waals surface area contributed by atoms with Crippen LogP contribution in [0.5, 0.6) is 0 Å². The van der Waals surface area contributed by atoms with Crippen molar-refractivity contribution < 1.29 is 31.1 Å². The number of pyridine rings is 2. The lowest BCUT2D eigenvalue weighted by Crippen LogP contribution is -2.27. The highest BCUT2D eigenvalue weighted by Crippen LogP contribution is 2.34. The molecule has 0 saturated heterocycles. The topological polar surface area (TPSA) is 117 Å². The van der Waals surface area contributed by atoms with Gasteiger partial charge in [-0.05, 0) is 6.07 Å². The average Bonchev–Trinajstić information content (AvgIpc) is 2.74. The smallest absolute Gasteiger partial charge is 0.383 e. The van der Waals surface area contributed by atoms with E-state index in [0.29, 0.717) is 17.6 Å².